The molecule has 0 spiro atoms. The van der Waals surface area contributed by atoms with Gasteiger partial charge in [-0.3, -0.25) is 0 Å². The number of nitrogens with two attached hydrogens (primary N) is 1. The summed E-state index contributed by atoms with van der Waals surface area (Å²) in [7, 11) is 0. The molecule has 0 aromatic heterocycles. The van der Waals surface area contributed by atoms with E-state index in [0.717, 1.165) is 13.0 Å². The lowest BCUT2D eigenvalue weighted by Crippen LogP contribution is -2.00. The topological polar surface area (TPSA) is 26.0 Å². The molecular formula is C15H25N. The highest BCUT2D eigenvalue weighted by molar-refractivity contribution is 5.26. The molecule has 1 rings (SSSR count). The van der Waals surface area contributed by atoms with Gasteiger partial charge < -0.3 is 5.73 Å². The maximum Gasteiger partial charge on any atom is -0.00773 e. The van der Waals surface area contributed by atoms with Gasteiger partial charge in [-0.05, 0) is 42.3 Å². The Labute approximate surface area is 100 Å². The highest BCUT2D eigenvalue weighted by Gasteiger charge is 2.05. The smallest absolute Gasteiger partial charge is 0.00773 e. The van der Waals surface area contributed by atoms with E-state index < -0.39 is 0 Å². The molecule has 0 aliphatic heterocycles. The van der Waals surface area contributed by atoms with Gasteiger partial charge in [0, 0.05) is 0 Å². The molecule has 1 aromatic carbocycles. The first kappa shape index (κ1) is 13.2. The van der Waals surface area contributed by atoms with E-state index in [9.17, 15) is 0 Å². The number of unbranched alkanes of at least 4 members (excludes halogenated alkanes) is 1. The van der Waals surface area contributed by atoms with Gasteiger partial charge in [0.1, 0.15) is 0 Å². The minimum absolute atomic E-state index is 0.626. The van der Waals surface area contributed by atoms with Crippen molar-refractivity contribution in [2.24, 2.45) is 5.73 Å². The lowest BCUT2D eigenvalue weighted by Gasteiger charge is -2.13. The SMILES string of the molecule is CC(C)c1ccc(C(C)CCCCN)cc1. The molecule has 0 aliphatic carbocycles. The third-order valence-corrected chi connectivity index (χ3v) is 3.26. The summed E-state index contributed by atoms with van der Waals surface area (Å²) in [5.74, 6) is 1.29. The van der Waals surface area contributed by atoms with Crippen molar-refractivity contribution in [3.05, 3.63) is 35.4 Å². The van der Waals surface area contributed by atoms with Crippen LogP contribution in [0.15, 0.2) is 24.3 Å². The van der Waals surface area contributed by atoms with Gasteiger partial charge in [0.2, 0.25) is 0 Å². The van der Waals surface area contributed by atoms with Crippen LogP contribution in [0.2, 0.25) is 0 Å². The Morgan fingerprint density at radius 1 is 0.938 bits per heavy atom. The van der Waals surface area contributed by atoms with Crippen LogP contribution in [0, 0.1) is 0 Å². The molecule has 1 aromatic rings. The van der Waals surface area contributed by atoms with Crippen LogP contribution < -0.4 is 5.73 Å². The average Bonchev–Trinajstić information content (AvgIpc) is 2.29. The summed E-state index contributed by atoms with van der Waals surface area (Å²) >= 11 is 0. The number of benzene rings is 1. The summed E-state index contributed by atoms with van der Waals surface area (Å²) in [6.45, 7) is 7.60. The van der Waals surface area contributed by atoms with Crippen molar-refractivity contribution in [1.82, 2.24) is 0 Å². The van der Waals surface area contributed by atoms with Crippen molar-refractivity contribution in [2.45, 2.75) is 51.9 Å². The number of hydrogen-bond donors (Lipinski definition) is 1. The average molecular weight is 219 g/mol. The van der Waals surface area contributed by atoms with E-state index in [0.29, 0.717) is 11.8 Å². The van der Waals surface area contributed by atoms with E-state index >= 15 is 0 Å². The van der Waals surface area contributed by atoms with Gasteiger partial charge in [-0.2, -0.15) is 0 Å². The van der Waals surface area contributed by atoms with Gasteiger partial charge in [-0.15, -0.1) is 0 Å². The second-order valence-corrected chi connectivity index (χ2v) is 5.01. The van der Waals surface area contributed by atoms with E-state index in [2.05, 4.69) is 45.0 Å². The first-order valence-electron chi connectivity index (χ1n) is 6.45. The zero-order valence-corrected chi connectivity index (χ0v) is 10.9. The van der Waals surface area contributed by atoms with Gasteiger partial charge in [-0.1, -0.05) is 51.5 Å². The molecule has 0 radical (unpaired) electrons. The zero-order chi connectivity index (χ0) is 12.0. The lowest BCUT2D eigenvalue weighted by atomic mass is 9.93. The normalized spacial score (nSPS) is 13.1. The summed E-state index contributed by atoms with van der Waals surface area (Å²) < 4.78 is 0. The minimum atomic E-state index is 0.626. The molecule has 1 heteroatoms. The summed E-state index contributed by atoms with van der Waals surface area (Å²) in [5, 5.41) is 0. The van der Waals surface area contributed by atoms with Crippen molar-refractivity contribution in [3.8, 4) is 0 Å². The van der Waals surface area contributed by atoms with Crippen LogP contribution in [-0.4, -0.2) is 6.54 Å². The highest BCUT2D eigenvalue weighted by atomic mass is 14.5. The van der Waals surface area contributed by atoms with Crippen molar-refractivity contribution in [3.63, 3.8) is 0 Å². The molecule has 1 nitrogen and oxygen atoms in total. The van der Waals surface area contributed by atoms with E-state index in [1.54, 1.807) is 0 Å². The molecule has 0 bridgehead atoms. The quantitative estimate of drug-likeness (QED) is 0.718. The summed E-state index contributed by atoms with van der Waals surface area (Å²) in [4.78, 5) is 0. The molecule has 16 heavy (non-hydrogen) atoms. The van der Waals surface area contributed by atoms with Crippen molar-refractivity contribution >= 4 is 0 Å². The van der Waals surface area contributed by atoms with Gasteiger partial charge in [0.05, 0.1) is 0 Å². The summed E-state index contributed by atoms with van der Waals surface area (Å²) in [6.07, 6.45) is 3.64. The van der Waals surface area contributed by atoms with Crippen LogP contribution in [0.25, 0.3) is 0 Å². The molecule has 0 saturated carbocycles. The largest absolute Gasteiger partial charge is 0.330 e. The Kier molecular flexibility index (Phi) is 5.54. The van der Waals surface area contributed by atoms with Gasteiger partial charge in [0.25, 0.3) is 0 Å². The Bertz CT molecular complexity index is 287. The summed E-state index contributed by atoms with van der Waals surface area (Å²) in [5.41, 5.74) is 8.39. The summed E-state index contributed by atoms with van der Waals surface area (Å²) in [6, 6.07) is 9.09. The highest BCUT2D eigenvalue weighted by Crippen LogP contribution is 2.23. The fraction of sp³-hybridized carbons (Fsp3) is 0.600. The van der Waals surface area contributed by atoms with Crippen LogP contribution >= 0.6 is 0 Å². The molecular weight excluding hydrogens is 194 g/mol. The Morgan fingerprint density at radius 3 is 2.00 bits per heavy atom. The van der Waals surface area contributed by atoms with Crippen molar-refractivity contribution < 1.29 is 0 Å². The first-order chi connectivity index (χ1) is 7.65. The van der Waals surface area contributed by atoms with Crippen LogP contribution in [0.1, 0.15) is 63.0 Å². The lowest BCUT2D eigenvalue weighted by molar-refractivity contribution is 0.609. The van der Waals surface area contributed by atoms with Crippen molar-refractivity contribution in [2.75, 3.05) is 6.54 Å². The molecule has 0 fully saturated rings. The predicted octanol–water partition coefficient (Wildman–Crippen LogP) is 4.04. The Morgan fingerprint density at radius 2 is 1.50 bits per heavy atom. The molecule has 0 heterocycles. The van der Waals surface area contributed by atoms with E-state index in [1.807, 2.05) is 0 Å². The van der Waals surface area contributed by atoms with Gasteiger partial charge >= 0.3 is 0 Å². The molecule has 2 N–H and O–H groups in total. The molecule has 1 atom stereocenters. The number of hydrogen-bond acceptors (Lipinski definition) is 1. The zero-order valence-electron chi connectivity index (χ0n) is 10.9. The van der Waals surface area contributed by atoms with E-state index in [4.69, 9.17) is 5.73 Å². The Balaban J connectivity index is 2.52. The predicted molar refractivity (Wildman–Crippen MR) is 71.9 cm³/mol. The van der Waals surface area contributed by atoms with Crippen LogP contribution in [0.4, 0.5) is 0 Å². The second-order valence-electron chi connectivity index (χ2n) is 5.01. The molecule has 90 valence electrons. The minimum Gasteiger partial charge on any atom is -0.330 e. The maximum atomic E-state index is 5.51. The Hall–Kier alpha value is -0.820. The fourth-order valence-electron chi connectivity index (χ4n) is 1.97. The molecule has 0 saturated heterocycles. The fourth-order valence-corrected chi connectivity index (χ4v) is 1.97. The second kappa shape index (κ2) is 6.70. The maximum absolute atomic E-state index is 5.51. The molecule has 0 amide bonds. The van der Waals surface area contributed by atoms with Gasteiger partial charge in [0.15, 0.2) is 0 Å². The first-order valence-corrected chi connectivity index (χ1v) is 6.45. The number of rotatable bonds is 6. The van der Waals surface area contributed by atoms with E-state index in [1.165, 1.54) is 24.0 Å². The van der Waals surface area contributed by atoms with Crippen LogP contribution in [0.5, 0.6) is 0 Å². The van der Waals surface area contributed by atoms with Gasteiger partial charge in [-0.25, -0.2) is 0 Å². The standard InChI is InChI=1S/C15H25N/c1-12(2)14-7-9-15(10-8-14)13(3)6-4-5-11-16/h7-10,12-13H,4-6,11,16H2,1-3H3. The monoisotopic (exact) mass is 219 g/mol. The van der Waals surface area contributed by atoms with Crippen LogP contribution in [0.3, 0.4) is 0 Å². The molecule has 1 unspecified atom stereocenters. The van der Waals surface area contributed by atoms with Crippen LogP contribution in [-0.2, 0) is 0 Å². The van der Waals surface area contributed by atoms with E-state index in [-0.39, 0.29) is 0 Å². The van der Waals surface area contributed by atoms with Crippen molar-refractivity contribution in [1.29, 1.82) is 0 Å². The third kappa shape index (κ3) is 3.97. The third-order valence-electron chi connectivity index (χ3n) is 3.26. The molecule has 0 aliphatic rings.